The average molecular weight is 313 g/mol. The molecule has 0 bridgehead atoms. The Morgan fingerprint density at radius 2 is 2.26 bits per heavy atom. The topological polar surface area (TPSA) is 37.8 Å². The minimum atomic E-state index is 0.530. The van der Waals surface area contributed by atoms with Gasteiger partial charge in [0.25, 0.3) is 0 Å². The minimum Gasteiger partial charge on any atom is -0.497 e. The molecule has 1 atom stereocenters. The summed E-state index contributed by atoms with van der Waals surface area (Å²) in [5.74, 6) is 0.903. The molecule has 2 aliphatic heterocycles. The van der Waals surface area contributed by atoms with Crippen LogP contribution in [0.2, 0.25) is 0 Å². The number of pyridine rings is 1. The summed E-state index contributed by atoms with van der Waals surface area (Å²) in [4.78, 5) is 9.66. The quantitative estimate of drug-likeness (QED) is 0.863. The van der Waals surface area contributed by atoms with Gasteiger partial charge < -0.3 is 9.47 Å². The molecule has 1 aromatic carbocycles. The molecular weight excluding hydrogens is 290 g/mol. The van der Waals surface area contributed by atoms with E-state index in [1.165, 1.54) is 5.56 Å². The molecule has 0 amide bonds. The fraction of sp³-hybridized carbons (Fsp3) is 0.500. The minimum absolute atomic E-state index is 0.530. The Bertz CT molecular complexity index is 691. The standard InChI is InChI=1S/C18H23N3O2/c1-22-17-9-14-3-2-4-19-18(14)15(10-17)11-20-5-6-21-7-8-23-13-16(21)12-20/h2-4,9-10,16H,5-8,11-13H2,1H3. The first-order valence-electron chi connectivity index (χ1n) is 8.29. The molecule has 4 rings (SSSR count). The highest BCUT2D eigenvalue weighted by Crippen LogP contribution is 2.26. The van der Waals surface area contributed by atoms with E-state index in [9.17, 15) is 0 Å². The Morgan fingerprint density at radius 3 is 3.17 bits per heavy atom. The second-order valence-electron chi connectivity index (χ2n) is 6.36. The number of methoxy groups -OCH3 is 1. The van der Waals surface area contributed by atoms with Gasteiger partial charge in [-0.05, 0) is 23.8 Å². The van der Waals surface area contributed by atoms with Crippen LogP contribution < -0.4 is 4.74 Å². The van der Waals surface area contributed by atoms with Gasteiger partial charge in [0.05, 0.1) is 25.8 Å². The molecular formula is C18H23N3O2. The third kappa shape index (κ3) is 3.04. The van der Waals surface area contributed by atoms with Crippen LogP contribution >= 0.6 is 0 Å². The fourth-order valence-corrected chi connectivity index (χ4v) is 3.67. The van der Waals surface area contributed by atoms with Crippen molar-refractivity contribution in [3.8, 4) is 5.75 Å². The molecule has 1 aromatic heterocycles. The van der Waals surface area contributed by atoms with Gasteiger partial charge in [-0.25, -0.2) is 0 Å². The molecule has 5 nitrogen and oxygen atoms in total. The van der Waals surface area contributed by atoms with Crippen molar-refractivity contribution in [2.45, 2.75) is 12.6 Å². The molecule has 5 heteroatoms. The summed E-state index contributed by atoms with van der Waals surface area (Å²) in [6.45, 7) is 7.00. The van der Waals surface area contributed by atoms with E-state index in [1.54, 1.807) is 7.11 Å². The number of piperazine rings is 1. The number of ether oxygens (including phenoxy) is 2. The van der Waals surface area contributed by atoms with Crippen LogP contribution in [0, 0.1) is 0 Å². The number of benzene rings is 1. The van der Waals surface area contributed by atoms with Gasteiger partial charge in [0.1, 0.15) is 5.75 Å². The van der Waals surface area contributed by atoms with E-state index in [0.29, 0.717) is 6.04 Å². The van der Waals surface area contributed by atoms with Crippen molar-refractivity contribution in [1.82, 2.24) is 14.8 Å². The van der Waals surface area contributed by atoms with Gasteiger partial charge in [0, 0.05) is 50.3 Å². The van der Waals surface area contributed by atoms with Crippen molar-refractivity contribution in [3.05, 3.63) is 36.0 Å². The number of aromatic nitrogens is 1. The zero-order valence-electron chi connectivity index (χ0n) is 13.6. The van der Waals surface area contributed by atoms with Crippen molar-refractivity contribution in [1.29, 1.82) is 0 Å². The highest BCUT2D eigenvalue weighted by Gasteiger charge is 2.29. The number of hydrogen-bond donors (Lipinski definition) is 0. The monoisotopic (exact) mass is 313 g/mol. The van der Waals surface area contributed by atoms with Crippen molar-refractivity contribution < 1.29 is 9.47 Å². The summed E-state index contributed by atoms with van der Waals surface area (Å²) in [5, 5.41) is 1.14. The Balaban J connectivity index is 1.57. The Labute approximate surface area is 136 Å². The summed E-state index contributed by atoms with van der Waals surface area (Å²) < 4.78 is 11.1. The normalized spacial score (nSPS) is 22.9. The molecule has 122 valence electrons. The predicted molar refractivity (Wildman–Crippen MR) is 89.8 cm³/mol. The molecule has 0 spiro atoms. The number of nitrogens with zero attached hydrogens (tertiary/aromatic N) is 3. The van der Waals surface area contributed by atoms with E-state index in [-0.39, 0.29) is 0 Å². The zero-order valence-corrected chi connectivity index (χ0v) is 13.6. The Hall–Kier alpha value is -1.69. The first-order chi connectivity index (χ1) is 11.3. The molecule has 0 N–H and O–H groups in total. The van der Waals surface area contributed by atoms with Gasteiger partial charge in [-0.15, -0.1) is 0 Å². The summed E-state index contributed by atoms with van der Waals surface area (Å²) in [5.41, 5.74) is 2.32. The SMILES string of the molecule is COc1cc(CN2CCN3CCOCC3C2)c2ncccc2c1. The third-order valence-electron chi connectivity index (χ3n) is 4.91. The van der Waals surface area contributed by atoms with Gasteiger partial charge in [-0.1, -0.05) is 6.07 Å². The smallest absolute Gasteiger partial charge is 0.119 e. The van der Waals surface area contributed by atoms with Crippen molar-refractivity contribution >= 4 is 10.9 Å². The van der Waals surface area contributed by atoms with Crippen LogP contribution in [0.25, 0.3) is 10.9 Å². The number of hydrogen-bond acceptors (Lipinski definition) is 5. The van der Waals surface area contributed by atoms with E-state index >= 15 is 0 Å². The third-order valence-corrected chi connectivity index (χ3v) is 4.91. The van der Waals surface area contributed by atoms with Crippen LogP contribution in [0.3, 0.4) is 0 Å². The summed E-state index contributed by atoms with van der Waals surface area (Å²) >= 11 is 0. The van der Waals surface area contributed by atoms with Crippen LogP contribution in [-0.4, -0.2) is 67.3 Å². The Morgan fingerprint density at radius 1 is 1.30 bits per heavy atom. The molecule has 0 aliphatic carbocycles. The summed E-state index contributed by atoms with van der Waals surface area (Å²) in [7, 11) is 1.72. The van der Waals surface area contributed by atoms with Gasteiger partial charge in [0.2, 0.25) is 0 Å². The van der Waals surface area contributed by atoms with E-state index in [0.717, 1.165) is 62.6 Å². The molecule has 2 saturated heterocycles. The number of fused-ring (bicyclic) bond motifs is 2. The molecule has 1 unspecified atom stereocenters. The van der Waals surface area contributed by atoms with E-state index in [4.69, 9.17) is 9.47 Å². The lowest BCUT2D eigenvalue weighted by molar-refractivity contribution is -0.0461. The van der Waals surface area contributed by atoms with Crippen LogP contribution in [0.4, 0.5) is 0 Å². The highest BCUT2D eigenvalue weighted by atomic mass is 16.5. The second-order valence-corrected chi connectivity index (χ2v) is 6.36. The van der Waals surface area contributed by atoms with Crippen molar-refractivity contribution in [2.24, 2.45) is 0 Å². The Kier molecular flexibility index (Phi) is 4.16. The lowest BCUT2D eigenvalue weighted by Crippen LogP contribution is -2.57. The maximum atomic E-state index is 5.64. The molecule has 2 fully saturated rings. The van der Waals surface area contributed by atoms with Gasteiger partial charge in [0.15, 0.2) is 0 Å². The molecule has 2 aromatic rings. The fourth-order valence-electron chi connectivity index (χ4n) is 3.67. The maximum absolute atomic E-state index is 5.64. The van der Waals surface area contributed by atoms with Crippen molar-refractivity contribution in [3.63, 3.8) is 0 Å². The molecule has 23 heavy (non-hydrogen) atoms. The van der Waals surface area contributed by atoms with Crippen molar-refractivity contribution in [2.75, 3.05) is 46.5 Å². The molecule has 0 saturated carbocycles. The van der Waals surface area contributed by atoms with Crippen LogP contribution in [0.1, 0.15) is 5.56 Å². The molecule has 0 radical (unpaired) electrons. The van der Waals surface area contributed by atoms with E-state index in [1.807, 2.05) is 12.3 Å². The van der Waals surface area contributed by atoms with Gasteiger partial charge in [-0.2, -0.15) is 0 Å². The summed E-state index contributed by atoms with van der Waals surface area (Å²) in [6.07, 6.45) is 1.87. The highest BCUT2D eigenvalue weighted by molar-refractivity contribution is 5.83. The maximum Gasteiger partial charge on any atom is 0.119 e. The summed E-state index contributed by atoms with van der Waals surface area (Å²) in [6, 6.07) is 8.78. The zero-order chi connectivity index (χ0) is 15.6. The largest absolute Gasteiger partial charge is 0.497 e. The number of morpholine rings is 1. The van der Waals surface area contributed by atoms with E-state index < -0.39 is 0 Å². The second kappa shape index (κ2) is 6.43. The van der Waals surface area contributed by atoms with Crippen LogP contribution in [0.15, 0.2) is 30.5 Å². The molecule has 2 aliphatic rings. The average Bonchev–Trinajstić information content (AvgIpc) is 2.61. The van der Waals surface area contributed by atoms with Crippen LogP contribution in [0.5, 0.6) is 5.75 Å². The first kappa shape index (κ1) is 14.9. The lowest BCUT2D eigenvalue weighted by Gasteiger charge is -2.43. The van der Waals surface area contributed by atoms with Crippen LogP contribution in [-0.2, 0) is 11.3 Å². The lowest BCUT2D eigenvalue weighted by atomic mass is 10.1. The number of rotatable bonds is 3. The van der Waals surface area contributed by atoms with Gasteiger partial charge >= 0.3 is 0 Å². The van der Waals surface area contributed by atoms with Gasteiger partial charge in [-0.3, -0.25) is 14.8 Å². The van der Waals surface area contributed by atoms with E-state index in [2.05, 4.69) is 33.0 Å². The first-order valence-corrected chi connectivity index (χ1v) is 8.29. The molecule has 3 heterocycles. The predicted octanol–water partition coefficient (Wildman–Crippen LogP) is 1.76.